The third kappa shape index (κ3) is 4.97. The molecule has 1 aromatic carbocycles. The number of nitrogens with one attached hydrogen (secondary N) is 1. The van der Waals surface area contributed by atoms with E-state index in [0.717, 1.165) is 0 Å². The van der Waals surface area contributed by atoms with E-state index in [1.54, 1.807) is 25.3 Å². The molecule has 10 heteroatoms. The molecule has 0 unspecified atom stereocenters. The number of aromatic nitrogens is 1. The second-order valence-electron chi connectivity index (χ2n) is 5.97. The third-order valence-electron chi connectivity index (χ3n) is 3.86. The number of esters is 1. The highest BCUT2D eigenvalue weighted by Crippen LogP contribution is 2.36. The molecule has 2 heterocycles. The first-order valence-corrected chi connectivity index (χ1v) is 10.0. The van der Waals surface area contributed by atoms with Crippen LogP contribution in [0.1, 0.15) is 34.3 Å². The highest BCUT2D eigenvalue weighted by molar-refractivity contribution is 7.14. The number of aryl methyl sites for hydroxylation is 1. The van der Waals surface area contributed by atoms with Crippen molar-refractivity contribution in [3.8, 4) is 17.6 Å². The van der Waals surface area contributed by atoms with Gasteiger partial charge in [0.2, 0.25) is 0 Å². The van der Waals surface area contributed by atoms with Gasteiger partial charge in [-0.1, -0.05) is 11.6 Å². The average molecular weight is 446 g/mol. The summed E-state index contributed by atoms with van der Waals surface area (Å²) >= 11 is 7.32. The molecule has 0 atom stereocenters. The minimum Gasteiger partial charge on any atom is -0.490 e. The van der Waals surface area contributed by atoms with Gasteiger partial charge in [-0.15, -0.1) is 11.3 Å². The van der Waals surface area contributed by atoms with Crippen LogP contribution in [0.5, 0.6) is 11.5 Å². The maximum Gasteiger partial charge on any atom is 0.317 e. The molecule has 8 nitrogen and oxygen atoms in total. The first-order valence-electron chi connectivity index (χ1n) is 8.78. The summed E-state index contributed by atoms with van der Waals surface area (Å²) in [4.78, 5) is 28.8. The molecule has 2 aromatic heterocycles. The number of ether oxygens (including phenoxy) is 2. The highest BCUT2D eigenvalue weighted by Gasteiger charge is 2.19. The molecule has 1 amide bonds. The lowest BCUT2D eigenvalue weighted by Gasteiger charge is -2.12. The fourth-order valence-electron chi connectivity index (χ4n) is 2.52. The van der Waals surface area contributed by atoms with E-state index in [2.05, 4.69) is 10.3 Å². The van der Waals surface area contributed by atoms with Crippen molar-refractivity contribution in [2.24, 2.45) is 0 Å². The number of carbonyl (C=O) groups excluding carboxylic acids is 2. The number of nitriles is 1. The molecular weight excluding hydrogens is 430 g/mol. The van der Waals surface area contributed by atoms with Gasteiger partial charge in [-0.05, 0) is 26.0 Å². The molecule has 1 N–H and O–H groups in total. The van der Waals surface area contributed by atoms with Gasteiger partial charge in [0.1, 0.15) is 5.76 Å². The van der Waals surface area contributed by atoms with E-state index in [4.69, 9.17) is 30.8 Å². The molecule has 3 rings (SSSR count). The zero-order valence-electron chi connectivity index (χ0n) is 16.0. The molecule has 0 saturated carbocycles. The van der Waals surface area contributed by atoms with Gasteiger partial charge >= 0.3 is 5.97 Å². The molecule has 0 saturated heterocycles. The first-order chi connectivity index (χ1) is 14.4. The third-order valence-corrected chi connectivity index (χ3v) is 4.94. The van der Waals surface area contributed by atoms with Crippen LogP contribution in [0.15, 0.2) is 34.3 Å². The number of furan rings is 1. The summed E-state index contributed by atoms with van der Waals surface area (Å²) in [5.74, 6) is -0.220. The van der Waals surface area contributed by atoms with Crippen LogP contribution in [-0.4, -0.2) is 23.5 Å². The summed E-state index contributed by atoms with van der Waals surface area (Å²) in [5.41, 5.74) is 1.12. The number of rotatable bonds is 7. The number of carbonyl (C=O) groups is 2. The number of benzene rings is 1. The normalized spacial score (nSPS) is 10.3. The summed E-state index contributed by atoms with van der Waals surface area (Å²) in [6.07, 6.45) is 1.29. The number of halogens is 1. The molecule has 0 spiro atoms. The van der Waals surface area contributed by atoms with Gasteiger partial charge in [0, 0.05) is 11.4 Å². The van der Waals surface area contributed by atoms with Crippen molar-refractivity contribution < 1.29 is 23.5 Å². The predicted molar refractivity (Wildman–Crippen MR) is 110 cm³/mol. The second kappa shape index (κ2) is 9.43. The minimum absolute atomic E-state index is 0.0432. The smallest absolute Gasteiger partial charge is 0.317 e. The van der Waals surface area contributed by atoms with Gasteiger partial charge in [0.05, 0.1) is 47.2 Å². The van der Waals surface area contributed by atoms with Gasteiger partial charge < -0.3 is 13.9 Å². The second-order valence-corrected chi connectivity index (χ2v) is 7.23. The van der Waals surface area contributed by atoms with E-state index in [0.29, 0.717) is 28.8 Å². The van der Waals surface area contributed by atoms with Gasteiger partial charge in [0.15, 0.2) is 16.6 Å². The van der Waals surface area contributed by atoms with Gasteiger partial charge in [-0.3, -0.25) is 14.9 Å². The van der Waals surface area contributed by atoms with Crippen molar-refractivity contribution >= 4 is 39.9 Å². The van der Waals surface area contributed by atoms with E-state index in [-0.39, 0.29) is 34.4 Å². The fourth-order valence-corrected chi connectivity index (χ4v) is 3.48. The van der Waals surface area contributed by atoms with Crippen LogP contribution in [0.4, 0.5) is 5.13 Å². The molecule has 3 aromatic rings. The van der Waals surface area contributed by atoms with Gasteiger partial charge in [0.25, 0.3) is 5.91 Å². The number of amides is 1. The lowest BCUT2D eigenvalue weighted by molar-refractivity contribution is -0.133. The Hall–Kier alpha value is -3.35. The SMILES string of the molecule is CCOc1cc(C#N)cc(Cl)c1OC(=O)Cc1csc(NC(=O)c2ccoc2C)n1. The average Bonchev–Trinajstić information content (AvgIpc) is 3.33. The highest BCUT2D eigenvalue weighted by atomic mass is 35.5. The largest absolute Gasteiger partial charge is 0.490 e. The van der Waals surface area contributed by atoms with Crippen molar-refractivity contribution in [3.05, 3.63) is 57.4 Å². The Morgan fingerprint density at radius 3 is 2.87 bits per heavy atom. The quantitative estimate of drug-likeness (QED) is 0.424. The Kier molecular flexibility index (Phi) is 6.72. The molecule has 0 bridgehead atoms. The summed E-state index contributed by atoms with van der Waals surface area (Å²) < 4.78 is 15.9. The minimum atomic E-state index is -0.614. The molecule has 0 fully saturated rings. The van der Waals surface area contributed by atoms with Crippen LogP contribution in [-0.2, 0) is 11.2 Å². The summed E-state index contributed by atoms with van der Waals surface area (Å²) in [5, 5.41) is 13.8. The van der Waals surface area contributed by atoms with Crippen LogP contribution >= 0.6 is 22.9 Å². The summed E-state index contributed by atoms with van der Waals surface area (Å²) in [6.45, 7) is 3.75. The lowest BCUT2D eigenvalue weighted by Crippen LogP contribution is -2.14. The fraction of sp³-hybridized carbons (Fsp3) is 0.200. The Labute approximate surface area is 181 Å². The van der Waals surface area contributed by atoms with Crippen molar-refractivity contribution in [1.29, 1.82) is 5.26 Å². The van der Waals surface area contributed by atoms with Crippen molar-refractivity contribution in [1.82, 2.24) is 4.98 Å². The van der Waals surface area contributed by atoms with E-state index in [9.17, 15) is 9.59 Å². The molecular formula is C20H16ClN3O5S. The maximum atomic E-state index is 12.4. The number of hydrogen-bond donors (Lipinski definition) is 1. The van der Waals surface area contributed by atoms with Gasteiger partial charge in [-0.2, -0.15) is 5.26 Å². The van der Waals surface area contributed by atoms with Crippen LogP contribution < -0.4 is 14.8 Å². The van der Waals surface area contributed by atoms with Crippen molar-refractivity contribution in [2.75, 3.05) is 11.9 Å². The van der Waals surface area contributed by atoms with Crippen LogP contribution in [0.25, 0.3) is 0 Å². The van der Waals surface area contributed by atoms with Crippen molar-refractivity contribution in [2.45, 2.75) is 20.3 Å². The molecule has 30 heavy (non-hydrogen) atoms. The van der Waals surface area contributed by atoms with Gasteiger partial charge in [-0.25, -0.2) is 4.98 Å². The van der Waals surface area contributed by atoms with Crippen LogP contribution in [0, 0.1) is 18.3 Å². The van der Waals surface area contributed by atoms with E-state index in [1.807, 2.05) is 6.07 Å². The van der Waals surface area contributed by atoms with E-state index < -0.39 is 5.97 Å². The number of nitrogens with zero attached hydrogens (tertiary/aromatic N) is 2. The summed E-state index contributed by atoms with van der Waals surface area (Å²) in [7, 11) is 0. The topological polar surface area (TPSA) is 114 Å². The Bertz CT molecular complexity index is 1130. The molecule has 0 aliphatic heterocycles. The molecule has 0 radical (unpaired) electrons. The Morgan fingerprint density at radius 2 is 2.20 bits per heavy atom. The zero-order valence-corrected chi connectivity index (χ0v) is 17.6. The maximum absolute atomic E-state index is 12.4. The first kappa shape index (κ1) is 21.4. The summed E-state index contributed by atoms with van der Waals surface area (Å²) in [6, 6.07) is 6.37. The predicted octanol–water partition coefficient (Wildman–Crippen LogP) is 4.37. The number of thiazole rings is 1. The molecule has 0 aliphatic carbocycles. The van der Waals surface area contributed by atoms with E-state index in [1.165, 1.54) is 29.7 Å². The number of anilines is 1. The van der Waals surface area contributed by atoms with Crippen molar-refractivity contribution in [3.63, 3.8) is 0 Å². The molecule has 0 aliphatic rings. The zero-order chi connectivity index (χ0) is 21.7. The number of hydrogen-bond acceptors (Lipinski definition) is 8. The van der Waals surface area contributed by atoms with Crippen LogP contribution in [0.3, 0.4) is 0 Å². The Balaban J connectivity index is 1.67. The molecule has 154 valence electrons. The Morgan fingerprint density at radius 1 is 1.40 bits per heavy atom. The van der Waals surface area contributed by atoms with E-state index >= 15 is 0 Å². The monoisotopic (exact) mass is 445 g/mol. The lowest BCUT2D eigenvalue weighted by atomic mass is 10.2. The van der Waals surface area contributed by atoms with Crippen LogP contribution in [0.2, 0.25) is 5.02 Å². The standard InChI is InChI=1S/C20H16ClN3O5S/c1-3-27-16-7-12(9-22)6-15(21)18(16)29-17(25)8-13-10-30-20(23-13)24-19(26)14-4-5-28-11(14)2/h4-7,10H,3,8H2,1-2H3,(H,23,24,26).